The van der Waals surface area contributed by atoms with Crippen molar-refractivity contribution in [2.24, 2.45) is 5.92 Å². The van der Waals surface area contributed by atoms with Gasteiger partial charge in [0.05, 0.1) is 0 Å². The van der Waals surface area contributed by atoms with Crippen LogP contribution in [-0.4, -0.2) is 48.8 Å². The molecule has 1 atom stereocenters. The van der Waals surface area contributed by atoms with Gasteiger partial charge in [-0.2, -0.15) is 0 Å². The quantitative estimate of drug-likeness (QED) is 0.618. The fourth-order valence-corrected chi connectivity index (χ4v) is 2.94. The third kappa shape index (κ3) is 5.68. The molecule has 1 saturated carbocycles. The fourth-order valence-electron chi connectivity index (χ4n) is 2.94. The molecule has 0 aromatic rings. The normalized spacial score (nSPS) is 25.5. The van der Waals surface area contributed by atoms with Gasteiger partial charge < -0.3 is 15.3 Å². The molecule has 2 aliphatic rings. The van der Waals surface area contributed by atoms with Gasteiger partial charge in [0.2, 0.25) is 0 Å². The lowest BCUT2D eigenvalue weighted by Crippen LogP contribution is -2.40. The standard InChI is InChI=1S/C15H30N2O/c18-11-4-2-1-3-9-17-10-5-6-14(13-17)12-16-15-7-8-15/h14-16,18H,1-13H2. The number of hydrogen-bond acceptors (Lipinski definition) is 3. The van der Waals surface area contributed by atoms with E-state index < -0.39 is 0 Å². The molecular formula is C15H30N2O. The zero-order chi connectivity index (χ0) is 12.6. The lowest BCUT2D eigenvalue weighted by molar-refractivity contribution is 0.168. The maximum absolute atomic E-state index is 8.74. The molecule has 0 radical (unpaired) electrons. The molecular weight excluding hydrogens is 224 g/mol. The predicted octanol–water partition coefficient (Wildman–Crippen LogP) is 2.00. The van der Waals surface area contributed by atoms with Crippen molar-refractivity contribution >= 4 is 0 Å². The second kappa shape index (κ2) is 8.13. The SMILES string of the molecule is OCCCCCCN1CCCC(CNC2CC2)C1. The van der Waals surface area contributed by atoms with Crippen LogP contribution in [0.4, 0.5) is 0 Å². The van der Waals surface area contributed by atoms with Gasteiger partial charge in [0.25, 0.3) is 0 Å². The number of nitrogens with one attached hydrogen (secondary N) is 1. The first-order chi connectivity index (χ1) is 8.88. The molecule has 0 spiro atoms. The molecule has 1 aliphatic heterocycles. The van der Waals surface area contributed by atoms with Crippen LogP contribution in [-0.2, 0) is 0 Å². The topological polar surface area (TPSA) is 35.5 Å². The Labute approximate surface area is 112 Å². The molecule has 1 saturated heterocycles. The molecule has 0 aromatic carbocycles. The molecule has 0 aromatic heterocycles. The third-order valence-corrected chi connectivity index (χ3v) is 4.26. The van der Waals surface area contributed by atoms with E-state index in [-0.39, 0.29) is 0 Å². The molecule has 1 aliphatic carbocycles. The van der Waals surface area contributed by atoms with Crippen LogP contribution in [0.15, 0.2) is 0 Å². The highest BCUT2D eigenvalue weighted by Gasteiger charge is 2.24. The highest BCUT2D eigenvalue weighted by molar-refractivity contribution is 4.83. The van der Waals surface area contributed by atoms with Gasteiger partial charge in [-0.25, -0.2) is 0 Å². The summed E-state index contributed by atoms with van der Waals surface area (Å²) < 4.78 is 0. The Bertz CT molecular complexity index is 219. The van der Waals surface area contributed by atoms with Gasteiger partial charge in [0, 0.05) is 19.2 Å². The maximum atomic E-state index is 8.74. The summed E-state index contributed by atoms with van der Waals surface area (Å²) in [5, 5.41) is 12.4. The fraction of sp³-hybridized carbons (Fsp3) is 1.00. The molecule has 2 rings (SSSR count). The van der Waals surface area contributed by atoms with Crippen molar-refractivity contribution in [1.29, 1.82) is 0 Å². The molecule has 3 nitrogen and oxygen atoms in total. The largest absolute Gasteiger partial charge is 0.396 e. The van der Waals surface area contributed by atoms with Crippen LogP contribution in [0.2, 0.25) is 0 Å². The highest BCUT2D eigenvalue weighted by Crippen LogP contribution is 2.21. The van der Waals surface area contributed by atoms with Crippen LogP contribution in [0.5, 0.6) is 0 Å². The Hall–Kier alpha value is -0.120. The van der Waals surface area contributed by atoms with E-state index in [1.54, 1.807) is 0 Å². The second-order valence-corrected chi connectivity index (χ2v) is 6.13. The number of likely N-dealkylation sites (tertiary alicyclic amines) is 1. The average Bonchev–Trinajstić information content (AvgIpc) is 3.21. The van der Waals surface area contributed by atoms with Crippen LogP contribution >= 0.6 is 0 Å². The molecule has 106 valence electrons. The summed E-state index contributed by atoms with van der Waals surface area (Å²) in [4.78, 5) is 2.65. The number of hydrogen-bond donors (Lipinski definition) is 2. The molecule has 1 unspecified atom stereocenters. The summed E-state index contributed by atoms with van der Waals surface area (Å²) in [5.41, 5.74) is 0. The van der Waals surface area contributed by atoms with Gasteiger partial charge >= 0.3 is 0 Å². The lowest BCUT2D eigenvalue weighted by atomic mass is 9.97. The summed E-state index contributed by atoms with van der Waals surface area (Å²) in [7, 11) is 0. The van der Waals surface area contributed by atoms with Gasteiger partial charge in [-0.3, -0.25) is 0 Å². The number of aliphatic hydroxyl groups is 1. The maximum Gasteiger partial charge on any atom is 0.0431 e. The average molecular weight is 254 g/mol. The second-order valence-electron chi connectivity index (χ2n) is 6.13. The third-order valence-electron chi connectivity index (χ3n) is 4.26. The number of aliphatic hydroxyl groups excluding tert-OH is 1. The van der Waals surface area contributed by atoms with Crippen molar-refractivity contribution in [3.63, 3.8) is 0 Å². The van der Waals surface area contributed by atoms with E-state index in [2.05, 4.69) is 10.2 Å². The van der Waals surface area contributed by atoms with Crippen LogP contribution in [0.25, 0.3) is 0 Å². The molecule has 2 fully saturated rings. The van der Waals surface area contributed by atoms with Crippen molar-refractivity contribution in [1.82, 2.24) is 10.2 Å². The van der Waals surface area contributed by atoms with E-state index in [9.17, 15) is 0 Å². The Morgan fingerprint density at radius 1 is 1.06 bits per heavy atom. The van der Waals surface area contributed by atoms with E-state index in [0.717, 1.165) is 18.4 Å². The molecule has 2 N–H and O–H groups in total. The Morgan fingerprint density at radius 3 is 2.67 bits per heavy atom. The minimum atomic E-state index is 0.360. The number of unbranched alkanes of at least 4 members (excludes halogenated alkanes) is 3. The van der Waals surface area contributed by atoms with Crippen molar-refractivity contribution in [3.05, 3.63) is 0 Å². The van der Waals surface area contributed by atoms with Crippen molar-refractivity contribution in [2.75, 3.05) is 32.8 Å². The number of nitrogens with zero attached hydrogens (tertiary/aromatic N) is 1. The van der Waals surface area contributed by atoms with Crippen LogP contribution in [0, 0.1) is 5.92 Å². The van der Waals surface area contributed by atoms with Crippen LogP contribution < -0.4 is 5.32 Å². The zero-order valence-corrected chi connectivity index (χ0v) is 11.7. The first-order valence-corrected chi connectivity index (χ1v) is 7.95. The molecule has 1 heterocycles. The number of piperidine rings is 1. The van der Waals surface area contributed by atoms with Crippen LogP contribution in [0.1, 0.15) is 51.4 Å². The molecule has 18 heavy (non-hydrogen) atoms. The Morgan fingerprint density at radius 2 is 1.89 bits per heavy atom. The first-order valence-electron chi connectivity index (χ1n) is 7.95. The van der Waals surface area contributed by atoms with Gasteiger partial charge in [0.15, 0.2) is 0 Å². The predicted molar refractivity (Wildman–Crippen MR) is 75.7 cm³/mol. The first kappa shape index (κ1) is 14.3. The van der Waals surface area contributed by atoms with E-state index in [1.165, 1.54) is 71.1 Å². The van der Waals surface area contributed by atoms with Gasteiger partial charge in [-0.05, 0) is 64.1 Å². The van der Waals surface area contributed by atoms with E-state index in [1.807, 2.05) is 0 Å². The zero-order valence-electron chi connectivity index (χ0n) is 11.7. The monoisotopic (exact) mass is 254 g/mol. The van der Waals surface area contributed by atoms with Gasteiger partial charge in [-0.15, -0.1) is 0 Å². The van der Waals surface area contributed by atoms with Crippen molar-refractivity contribution in [2.45, 2.75) is 57.4 Å². The van der Waals surface area contributed by atoms with Crippen LogP contribution in [0.3, 0.4) is 0 Å². The smallest absolute Gasteiger partial charge is 0.0431 e. The summed E-state index contributed by atoms with van der Waals surface area (Å²) in [6, 6.07) is 0.860. The molecule has 0 bridgehead atoms. The lowest BCUT2D eigenvalue weighted by Gasteiger charge is -2.33. The summed E-state index contributed by atoms with van der Waals surface area (Å²) in [6.45, 7) is 5.48. The Balaban J connectivity index is 1.51. The van der Waals surface area contributed by atoms with Gasteiger partial charge in [-0.1, -0.05) is 12.8 Å². The minimum absolute atomic E-state index is 0.360. The van der Waals surface area contributed by atoms with E-state index in [0.29, 0.717) is 6.61 Å². The molecule has 0 amide bonds. The molecule has 3 heteroatoms. The summed E-state index contributed by atoms with van der Waals surface area (Å²) in [5.74, 6) is 0.886. The van der Waals surface area contributed by atoms with E-state index >= 15 is 0 Å². The summed E-state index contributed by atoms with van der Waals surface area (Å²) >= 11 is 0. The minimum Gasteiger partial charge on any atom is -0.396 e. The van der Waals surface area contributed by atoms with Crippen molar-refractivity contribution < 1.29 is 5.11 Å². The Kier molecular flexibility index (Phi) is 6.46. The van der Waals surface area contributed by atoms with Crippen molar-refractivity contribution in [3.8, 4) is 0 Å². The van der Waals surface area contributed by atoms with Gasteiger partial charge in [0.1, 0.15) is 0 Å². The highest BCUT2D eigenvalue weighted by atomic mass is 16.2. The van der Waals surface area contributed by atoms with E-state index in [4.69, 9.17) is 5.11 Å². The summed E-state index contributed by atoms with van der Waals surface area (Å²) in [6.07, 6.45) is 10.4. The number of rotatable bonds is 9.